The zero-order valence-corrected chi connectivity index (χ0v) is 12.1. The number of carbonyl (C=O) groups excluding carboxylic acids is 2. The van der Waals surface area contributed by atoms with Crippen molar-refractivity contribution in [3.8, 4) is 0 Å². The van der Waals surface area contributed by atoms with Crippen LogP contribution in [0, 0.1) is 0 Å². The van der Waals surface area contributed by atoms with Crippen LogP contribution in [0.1, 0.15) is 6.42 Å². The molecule has 1 unspecified atom stereocenters. The summed E-state index contributed by atoms with van der Waals surface area (Å²) >= 11 is 0. The average Bonchev–Trinajstić information content (AvgIpc) is 3.03. The second-order valence-corrected chi connectivity index (χ2v) is 5.67. The summed E-state index contributed by atoms with van der Waals surface area (Å²) in [5.74, 6) is -3.53. The van der Waals surface area contributed by atoms with E-state index in [2.05, 4.69) is 10.4 Å². The van der Waals surface area contributed by atoms with Gasteiger partial charge in [0, 0.05) is 32.8 Å². The zero-order valence-electron chi connectivity index (χ0n) is 12.1. The third kappa shape index (κ3) is 2.80. The lowest BCUT2D eigenvalue weighted by atomic mass is 10.1. The lowest BCUT2D eigenvalue weighted by molar-refractivity contribution is -0.138. The molecule has 7 nitrogen and oxygen atoms in total. The number of hydrogen-bond donors (Lipinski definition) is 1. The molecule has 1 aromatic rings. The molecule has 9 heteroatoms. The molecule has 2 aliphatic rings. The van der Waals surface area contributed by atoms with Gasteiger partial charge in [-0.25, -0.2) is 8.78 Å². The minimum atomic E-state index is -2.86. The van der Waals surface area contributed by atoms with E-state index in [9.17, 15) is 18.4 Å². The molecular weight excluding hydrogens is 296 g/mol. The average molecular weight is 313 g/mol. The molecule has 2 saturated heterocycles. The fourth-order valence-electron chi connectivity index (χ4n) is 2.79. The van der Waals surface area contributed by atoms with Gasteiger partial charge in [-0.2, -0.15) is 5.10 Å². The molecule has 0 aliphatic carbocycles. The van der Waals surface area contributed by atoms with Crippen LogP contribution in [0.4, 0.5) is 14.5 Å². The fourth-order valence-corrected chi connectivity index (χ4v) is 2.79. The van der Waals surface area contributed by atoms with Gasteiger partial charge in [-0.05, 0) is 0 Å². The van der Waals surface area contributed by atoms with Crippen LogP contribution in [0.5, 0.6) is 0 Å². The number of halogens is 2. The number of nitrogens with zero attached hydrogens (tertiary/aromatic N) is 4. The molecule has 0 radical (unpaired) electrons. The number of piperazine rings is 1. The number of hydrogen-bond acceptors (Lipinski definition) is 4. The maximum atomic E-state index is 13.2. The van der Waals surface area contributed by atoms with E-state index >= 15 is 0 Å². The Morgan fingerprint density at radius 3 is 2.77 bits per heavy atom. The highest BCUT2D eigenvalue weighted by Gasteiger charge is 2.44. The van der Waals surface area contributed by atoms with Gasteiger partial charge in [0.2, 0.25) is 11.8 Å². The molecular formula is C13H17F2N5O2. The number of carbonyl (C=O) groups is 2. The van der Waals surface area contributed by atoms with Crippen molar-refractivity contribution in [2.24, 2.45) is 7.05 Å². The van der Waals surface area contributed by atoms with E-state index in [-0.39, 0.29) is 12.5 Å². The predicted octanol–water partition coefficient (Wildman–Crippen LogP) is -0.407. The smallest absolute Gasteiger partial charge is 0.262 e. The van der Waals surface area contributed by atoms with Crippen LogP contribution in [-0.4, -0.2) is 64.6 Å². The Morgan fingerprint density at radius 2 is 2.23 bits per heavy atom. The lowest BCUT2D eigenvalue weighted by Crippen LogP contribution is -2.55. The Labute approximate surface area is 125 Å². The van der Waals surface area contributed by atoms with E-state index in [0.29, 0.717) is 18.8 Å². The molecule has 2 aliphatic heterocycles. The first-order chi connectivity index (χ1) is 10.4. The summed E-state index contributed by atoms with van der Waals surface area (Å²) in [5, 5.41) is 6.53. The highest BCUT2D eigenvalue weighted by molar-refractivity contribution is 5.98. The van der Waals surface area contributed by atoms with E-state index in [0.717, 1.165) is 0 Å². The summed E-state index contributed by atoms with van der Waals surface area (Å²) in [6.07, 6.45) is 2.78. The topological polar surface area (TPSA) is 70.5 Å². The van der Waals surface area contributed by atoms with E-state index in [4.69, 9.17) is 0 Å². The fraction of sp³-hybridized carbons (Fsp3) is 0.615. The number of nitrogens with one attached hydrogen (secondary N) is 1. The molecule has 1 aromatic heterocycles. The van der Waals surface area contributed by atoms with Gasteiger partial charge in [0.15, 0.2) is 0 Å². The van der Waals surface area contributed by atoms with Crippen molar-refractivity contribution in [2.45, 2.75) is 18.4 Å². The number of alkyl halides is 2. The summed E-state index contributed by atoms with van der Waals surface area (Å²) in [6, 6.07) is -0.909. The Bertz CT molecular complexity index is 603. The van der Waals surface area contributed by atoms with Gasteiger partial charge >= 0.3 is 0 Å². The number of aryl methyl sites for hydroxylation is 1. The molecule has 120 valence electrons. The number of rotatable bonds is 2. The van der Waals surface area contributed by atoms with E-state index < -0.39 is 30.8 Å². The zero-order chi connectivity index (χ0) is 15.9. The molecule has 0 aromatic carbocycles. The van der Waals surface area contributed by atoms with Crippen molar-refractivity contribution in [1.82, 2.24) is 20.0 Å². The van der Waals surface area contributed by atoms with Crippen LogP contribution >= 0.6 is 0 Å². The van der Waals surface area contributed by atoms with Gasteiger partial charge < -0.3 is 9.80 Å². The van der Waals surface area contributed by atoms with Crippen LogP contribution in [0.2, 0.25) is 0 Å². The minimum Gasteiger partial charge on any atom is -0.330 e. The third-order valence-electron chi connectivity index (χ3n) is 3.94. The van der Waals surface area contributed by atoms with Crippen molar-refractivity contribution in [3.63, 3.8) is 0 Å². The summed E-state index contributed by atoms with van der Waals surface area (Å²) in [6.45, 7) is 0.0626. The van der Waals surface area contributed by atoms with Gasteiger partial charge in [-0.1, -0.05) is 0 Å². The van der Waals surface area contributed by atoms with Gasteiger partial charge in [0.25, 0.3) is 5.92 Å². The van der Waals surface area contributed by atoms with Crippen molar-refractivity contribution in [2.75, 3.05) is 31.1 Å². The summed E-state index contributed by atoms with van der Waals surface area (Å²) in [4.78, 5) is 27.3. The summed E-state index contributed by atoms with van der Waals surface area (Å²) < 4.78 is 27.9. The number of anilines is 1. The Balaban J connectivity index is 1.63. The molecule has 3 heterocycles. The largest absolute Gasteiger partial charge is 0.330 e. The summed E-state index contributed by atoms with van der Waals surface area (Å²) in [5.41, 5.74) is 0.671. The van der Waals surface area contributed by atoms with Crippen LogP contribution in [0.25, 0.3) is 0 Å². The molecule has 0 saturated carbocycles. The third-order valence-corrected chi connectivity index (χ3v) is 3.94. The number of aromatic nitrogens is 2. The monoisotopic (exact) mass is 313 g/mol. The molecule has 1 atom stereocenters. The van der Waals surface area contributed by atoms with Gasteiger partial charge in [-0.3, -0.25) is 19.6 Å². The first-order valence-electron chi connectivity index (χ1n) is 7.05. The summed E-state index contributed by atoms with van der Waals surface area (Å²) in [7, 11) is 1.75. The SMILES string of the molecule is Cn1cc(N2CCN(C(=O)C3CC(F)(F)CN3)CC2=O)cn1. The molecule has 0 bridgehead atoms. The van der Waals surface area contributed by atoms with Gasteiger partial charge in [0.1, 0.15) is 6.54 Å². The quantitative estimate of drug-likeness (QED) is 0.806. The van der Waals surface area contributed by atoms with Gasteiger partial charge in [-0.15, -0.1) is 0 Å². The van der Waals surface area contributed by atoms with Crippen LogP contribution in [0.15, 0.2) is 12.4 Å². The van der Waals surface area contributed by atoms with Crippen molar-refractivity contribution >= 4 is 17.5 Å². The van der Waals surface area contributed by atoms with Crippen molar-refractivity contribution in [3.05, 3.63) is 12.4 Å². The Kier molecular flexibility index (Phi) is 3.59. The molecule has 22 heavy (non-hydrogen) atoms. The van der Waals surface area contributed by atoms with Crippen LogP contribution in [-0.2, 0) is 16.6 Å². The van der Waals surface area contributed by atoms with E-state index in [1.165, 1.54) is 4.90 Å². The molecule has 0 spiro atoms. The maximum Gasteiger partial charge on any atom is 0.262 e. The van der Waals surface area contributed by atoms with E-state index in [1.807, 2.05) is 0 Å². The molecule has 2 amide bonds. The minimum absolute atomic E-state index is 0.0997. The maximum absolute atomic E-state index is 13.2. The second kappa shape index (κ2) is 5.31. The Morgan fingerprint density at radius 1 is 1.45 bits per heavy atom. The number of amides is 2. The first-order valence-corrected chi connectivity index (χ1v) is 7.05. The van der Waals surface area contributed by atoms with Crippen LogP contribution in [0.3, 0.4) is 0 Å². The standard InChI is InChI=1S/C13H17F2N5O2/c1-18-6-9(5-17-18)20-3-2-19(7-11(20)21)12(22)10-4-13(14,15)8-16-10/h5-6,10,16H,2-4,7-8H2,1H3. The molecule has 3 rings (SSSR count). The highest BCUT2D eigenvalue weighted by atomic mass is 19.3. The lowest BCUT2D eigenvalue weighted by Gasteiger charge is -2.34. The predicted molar refractivity (Wildman–Crippen MR) is 73.5 cm³/mol. The molecule has 2 fully saturated rings. The Hall–Kier alpha value is -2.03. The normalized spacial score (nSPS) is 24.9. The van der Waals surface area contributed by atoms with E-state index in [1.54, 1.807) is 29.0 Å². The van der Waals surface area contributed by atoms with Crippen molar-refractivity contribution in [1.29, 1.82) is 0 Å². The first kappa shape index (κ1) is 14.9. The molecule has 1 N–H and O–H groups in total. The second-order valence-electron chi connectivity index (χ2n) is 5.67. The van der Waals surface area contributed by atoms with Crippen LogP contribution < -0.4 is 10.2 Å². The van der Waals surface area contributed by atoms with Gasteiger partial charge in [0.05, 0.1) is 24.5 Å². The van der Waals surface area contributed by atoms with Crippen molar-refractivity contribution < 1.29 is 18.4 Å². The highest BCUT2D eigenvalue weighted by Crippen LogP contribution is 2.26.